The summed E-state index contributed by atoms with van der Waals surface area (Å²) in [5.41, 5.74) is 3.82. The van der Waals surface area contributed by atoms with E-state index in [0.717, 1.165) is 16.7 Å². The summed E-state index contributed by atoms with van der Waals surface area (Å²) in [7, 11) is 6.21. The molecule has 1 unspecified atom stereocenters. The standard InChI is InChI=1S/C32H34N2O8/c1-18-27(38-4)21(14-25(37-3)29(18)40-6)12-23-32(36)34(16-20-10-8-7-9-11-20)24(31(35)33-23)13-22-15-26-30(42-17-41-26)19(2)28(22)39-5/h7-11,13-15,23H,12,16-17H2,1-6H3,(H,33,35)/b24-13-. The molecule has 3 aromatic carbocycles. The van der Waals surface area contributed by atoms with Crippen molar-refractivity contribution in [3.05, 3.63) is 76.0 Å². The smallest absolute Gasteiger partial charge is 0.268 e. The summed E-state index contributed by atoms with van der Waals surface area (Å²) >= 11 is 0. The van der Waals surface area contributed by atoms with Crippen LogP contribution in [0.4, 0.5) is 0 Å². The third-order valence-corrected chi connectivity index (χ3v) is 7.50. The lowest BCUT2D eigenvalue weighted by Crippen LogP contribution is -2.57. The Bertz CT molecular complexity index is 1550. The van der Waals surface area contributed by atoms with Gasteiger partial charge in [0.05, 0.1) is 35.0 Å². The van der Waals surface area contributed by atoms with Gasteiger partial charge in [0.2, 0.25) is 12.7 Å². The van der Waals surface area contributed by atoms with Crippen LogP contribution in [0.1, 0.15) is 27.8 Å². The second kappa shape index (κ2) is 11.9. The lowest BCUT2D eigenvalue weighted by atomic mass is 9.97. The van der Waals surface area contributed by atoms with E-state index >= 15 is 0 Å². The number of nitrogens with one attached hydrogen (secondary N) is 1. The van der Waals surface area contributed by atoms with Crippen LogP contribution >= 0.6 is 0 Å². The molecule has 3 aromatic rings. The molecule has 10 heteroatoms. The van der Waals surface area contributed by atoms with Gasteiger partial charge in [0.25, 0.3) is 5.91 Å². The van der Waals surface area contributed by atoms with Gasteiger partial charge in [0.15, 0.2) is 23.0 Å². The molecule has 1 saturated heterocycles. The van der Waals surface area contributed by atoms with Gasteiger partial charge in [-0.15, -0.1) is 0 Å². The van der Waals surface area contributed by atoms with E-state index in [1.165, 1.54) is 4.90 Å². The molecule has 0 saturated carbocycles. The number of amides is 2. The van der Waals surface area contributed by atoms with Gasteiger partial charge in [-0.25, -0.2) is 0 Å². The minimum absolute atomic E-state index is 0.0964. The molecule has 2 aliphatic heterocycles. The molecule has 0 radical (unpaired) electrons. The van der Waals surface area contributed by atoms with Gasteiger partial charge in [-0.05, 0) is 37.6 Å². The lowest BCUT2D eigenvalue weighted by molar-refractivity contribution is -0.140. The number of hydrogen-bond acceptors (Lipinski definition) is 8. The molecular weight excluding hydrogens is 540 g/mol. The molecule has 0 aromatic heterocycles. The number of benzene rings is 3. The van der Waals surface area contributed by atoms with Crippen LogP contribution in [-0.2, 0) is 22.6 Å². The molecule has 0 spiro atoms. The lowest BCUT2D eigenvalue weighted by Gasteiger charge is -2.35. The highest BCUT2D eigenvalue weighted by atomic mass is 16.7. The minimum atomic E-state index is -0.856. The van der Waals surface area contributed by atoms with Crippen molar-refractivity contribution in [3.8, 4) is 34.5 Å². The van der Waals surface area contributed by atoms with Crippen molar-refractivity contribution in [2.45, 2.75) is 32.9 Å². The third kappa shape index (κ3) is 5.15. The van der Waals surface area contributed by atoms with E-state index in [1.54, 1.807) is 46.6 Å². The Hall–Kier alpha value is -4.86. The fourth-order valence-electron chi connectivity index (χ4n) is 5.55. The Morgan fingerprint density at radius 1 is 0.905 bits per heavy atom. The van der Waals surface area contributed by atoms with Crippen LogP contribution in [0.25, 0.3) is 6.08 Å². The van der Waals surface area contributed by atoms with Gasteiger partial charge in [-0.3, -0.25) is 9.59 Å². The topological polar surface area (TPSA) is 105 Å². The second-order valence-electron chi connectivity index (χ2n) is 9.96. The first-order chi connectivity index (χ1) is 20.3. The summed E-state index contributed by atoms with van der Waals surface area (Å²) in [6.45, 7) is 4.01. The Kier molecular flexibility index (Phi) is 8.15. The van der Waals surface area contributed by atoms with E-state index in [-0.39, 0.29) is 31.4 Å². The van der Waals surface area contributed by atoms with Crippen molar-refractivity contribution >= 4 is 17.9 Å². The van der Waals surface area contributed by atoms with E-state index in [4.69, 9.17) is 28.4 Å². The zero-order chi connectivity index (χ0) is 30.0. The molecule has 42 heavy (non-hydrogen) atoms. The number of carbonyl (C=O) groups excluding carboxylic acids is 2. The van der Waals surface area contributed by atoms with Crippen molar-refractivity contribution in [2.75, 3.05) is 35.2 Å². The van der Waals surface area contributed by atoms with Gasteiger partial charge >= 0.3 is 0 Å². The molecule has 0 bridgehead atoms. The number of nitrogens with zero attached hydrogens (tertiary/aromatic N) is 1. The molecule has 10 nitrogen and oxygen atoms in total. The normalized spacial score (nSPS) is 16.9. The highest BCUT2D eigenvalue weighted by molar-refractivity contribution is 6.07. The molecule has 2 aliphatic rings. The van der Waals surface area contributed by atoms with E-state index in [0.29, 0.717) is 45.6 Å². The summed E-state index contributed by atoms with van der Waals surface area (Å²) in [6, 6.07) is 12.2. The van der Waals surface area contributed by atoms with Gasteiger partial charge in [0.1, 0.15) is 23.2 Å². The second-order valence-corrected chi connectivity index (χ2v) is 9.96. The number of piperazine rings is 1. The summed E-state index contributed by atoms with van der Waals surface area (Å²) in [6.07, 6.45) is 1.83. The molecule has 0 aliphatic carbocycles. The van der Waals surface area contributed by atoms with Crippen LogP contribution in [0.3, 0.4) is 0 Å². The van der Waals surface area contributed by atoms with Crippen molar-refractivity contribution < 1.29 is 38.0 Å². The zero-order valence-electron chi connectivity index (χ0n) is 24.5. The number of methoxy groups -OCH3 is 4. The molecule has 1 fully saturated rings. The number of ether oxygens (including phenoxy) is 6. The molecule has 1 atom stereocenters. The van der Waals surface area contributed by atoms with Crippen molar-refractivity contribution in [1.29, 1.82) is 0 Å². The monoisotopic (exact) mass is 574 g/mol. The SMILES string of the molecule is COc1cc(CC2NC(=O)/C(=C/c3cc4c(c(C)c3OC)OCO4)N(Cc3ccccc3)C2=O)c(OC)c(C)c1OC. The van der Waals surface area contributed by atoms with Crippen molar-refractivity contribution in [2.24, 2.45) is 0 Å². The number of rotatable bonds is 9. The van der Waals surface area contributed by atoms with E-state index in [9.17, 15) is 9.59 Å². The zero-order valence-corrected chi connectivity index (χ0v) is 24.5. The summed E-state index contributed by atoms with van der Waals surface area (Å²) in [5, 5.41) is 2.92. The van der Waals surface area contributed by atoms with Gasteiger partial charge in [-0.1, -0.05) is 30.3 Å². The Morgan fingerprint density at radius 2 is 1.62 bits per heavy atom. The van der Waals surface area contributed by atoms with E-state index in [1.807, 2.05) is 44.2 Å². The first-order valence-corrected chi connectivity index (χ1v) is 13.4. The molecule has 220 valence electrons. The fourth-order valence-corrected chi connectivity index (χ4v) is 5.55. The van der Waals surface area contributed by atoms with E-state index in [2.05, 4.69) is 5.32 Å². The fraction of sp³-hybridized carbons (Fsp3) is 0.312. The maximum Gasteiger partial charge on any atom is 0.268 e. The van der Waals surface area contributed by atoms with Crippen molar-refractivity contribution in [1.82, 2.24) is 10.2 Å². The van der Waals surface area contributed by atoms with Crippen LogP contribution in [0.15, 0.2) is 48.2 Å². The summed E-state index contributed by atoms with van der Waals surface area (Å²) in [4.78, 5) is 29.4. The van der Waals surface area contributed by atoms with Crippen LogP contribution in [0.5, 0.6) is 34.5 Å². The summed E-state index contributed by atoms with van der Waals surface area (Å²) in [5.74, 6) is 2.61. The molecule has 5 rings (SSSR count). The highest BCUT2D eigenvalue weighted by Gasteiger charge is 2.38. The Balaban J connectivity index is 1.56. The maximum absolute atomic E-state index is 14.1. The quantitative estimate of drug-likeness (QED) is 0.380. The number of hydrogen-bond donors (Lipinski definition) is 1. The Morgan fingerprint density at radius 3 is 2.29 bits per heavy atom. The van der Waals surface area contributed by atoms with Crippen LogP contribution < -0.4 is 33.7 Å². The number of fused-ring (bicyclic) bond motifs is 1. The maximum atomic E-state index is 14.1. The average molecular weight is 575 g/mol. The minimum Gasteiger partial charge on any atom is -0.496 e. The average Bonchev–Trinajstić information content (AvgIpc) is 3.47. The van der Waals surface area contributed by atoms with E-state index < -0.39 is 11.9 Å². The predicted octanol–water partition coefficient (Wildman–Crippen LogP) is 4.18. The van der Waals surface area contributed by atoms with Crippen LogP contribution in [0, 0.1) is 13.8 Å². The van der Waals surface area contributed by atoms with Gasteiger partial charge < -0.3 is 38.6 Å². The molecule has 1 N–H and O–H groups in total. The largest absolute Gasteiger partial charge is 0.496 e. The highest BCUT2D eigenvalue weighted by Crippen LogP contribution is 2.44. The molecule has 2 amide bonds. The number of carbonyl (C=O) groups is 2. The van der Waals surface area contributed by atoms with Gasteiger partial charge in [0, 0.05) is 28.7 Å². The Labute approximate surface area is 244 Å². The predicted molar refractivity (Wildman–Crippen MR) is 155 cm³/mol. The van der Waals surface area contributed by atoms with Crippen molar-refractivity contribution in [3.63, 3.8) is 0 Å². The molecular formula is C32H34N2O8. The van der Waals surface area contributed by atoms with Crippen LogP contribution in [0.2, 0.25) is 0 Å². The first-order valence-electron chi connectivity index (χ1n) is 13.4. The first kappa shape index (κ1) is 28.7. The summed E-state index contributed by atoms with van der Waals surface area (Å²) < 4.78 is 33.6. The molecule has 2 heterocycles. The van der Waals surface area contributed by atoms with Gasteiger partial charge in [-0.2, -0.15) is 0 Å². The third-order valence-electron chi connectivity index (χ3n) is 7.50. The van der Waals surface area contributed by atoms with Crippen LogP contribution in [-0.4, -0.2) is 58.0 Å².